The van der Waals surface area contributed by atoms with Crippen molar-refractivity contribution in [1.29, 1.82) is 5.26 Å². The van der Waals surface area contributed by atoms with E-state index in [0.29, 0.717) is 6.42 Å². The third kappa shape index (κ3) is 4.04. The van der Waals surface area contributed by atoms with E-state index in [0.717, 1.165) is 0 Å². The molecule has 0 aromatic heterocycles. The number of nitrogens with one attached hydrogen (secondary N) is 1. The van der Waals surface area contributed by atoms with Gasteiger partial charge in [0, 0.05) is 0 Å². The van der Waals surface area contributed by atoms with Gasteiger partial charge in [-0.15, -0.1) is 0 Å². The van der Waals surface area contributed by atoms with E-state index < -0.39 is 15.2 Å². The van der Waals surface area contributed by atoms with Crippen LogP contribution in [0.5, 0.6) is 0 Å². The smallest absolute Gasteiger partial charge is 0.273 e. The molecule has 0 radical (unpaired) electrons. The van der Waals surface area contributed by atoms with Crippen LogP contribution in [0, 0.1) is 11.3 Å². The van der Waals surface area contributed by atoms with Crippen LogP contribution in [-0.2, 0) is 4.79 Å². The number of carbonyl (C=O) groups is 1. The van der Waals surface area contributed by atoms with Gasteiger partial charge in [-0.05, 0) is 13.3 Å². The molecule has 0 saturated heterocycles. The monoisotopic (exact) mass is 242 g/mol. The number of nitrogens with zero attached hydrogens (tertiary/aromatic N) is 1. The highest BCUT2D eigenvalue weighted by molar-refractivity contribution is 6.76. The van der Waals surface area contributed by atoms with Gasteiger partial charge < -0.3 is 5.32 Å². The second-order valence-electron chi connectivity index (χ2n) is 2.75. The molecule has 0 saturated carbocycles. The summed E-state index contributed by atoms with van der Waals surface area (Å²) in [5.41, 5.74) is -0.985. The summed E-state index contributed by atoms with van der Waals surface area (Å²) in [5, 5.41) is 11.0. The highest BCUT2D eigenvalue weighted by Crippen LogP contribution is 2.27. The van der Waals surface area contributed by atoms with Crippen LogP contribution in [0.3, 0.4) is 0 Å². The van der Waals surface area contributed by atoms with Gasteiger partial charge in [0.25, 0.3) is 9.70 Å². The molecule has 0 spiro atoms. The van der Waals surface area contributed by atoms with E-state index in [2.05, 4.69) is 5.32 Å². The maximum atomic E-state index is 11.1. The largest absolute Gasteiger partial charge is 0.334 e. The average molecular weight is 244 g/mol. The molecule has 13 heavy (non-hydrogen) atoms. The Morgan fingerprint density at radius 1 is 1.54 bits per heavy atom. The summed E-state index contributed by atoms with van der Waals surface area (Å²) < 4.78 is -2.02. The Morgan fingerprint density at radius 2 is 2.00 bits per heavy atom. The van der Waals surface area contributed by atoms with Crippen LogP contribution in [0.2, 0.25) is 0 Å². The molecule has 0 fully saturated rings. The molecule has 6 heteroatoms. The first kappa shape index (κ1) is 12.8. The SMILES string of the molecule is CCC(C)(C#N)NC(=O)C(Cl)(Cl)Cl. The fourth-order valence-corrected chi connectivity index (χ4v) is 0.659. The van der Waals surface area contributed by atoms with Crippen molar-refractivity contribution < 1.29 is 4.79 Å². The first-order valence-electron chi connectivity index (χ1n) is 3.56. The number of alkyl halides is 3. The zero-order valence-electron chi connectivity index (χ0n) is 7.20. The van der Waals surface area contributed by atoms with E-state index in [4.69, 9.17) is 40.1 Å². The summed E-state index contributed by atoms with van der Waals surface area (Å²) in [6, 6.07) is 1.92. The number of nitriles is 1. The van der Waals surface area contributed by atoms with Gasteiger partial charge in [-0.25, -0.2) is 0 Å². The van der Waals surface area contributed by atoms with Crippen molar-refractivity contribution in [2.24, 2.45) is 0 Å². The van der Waals surface area contributed by atoms with Crippen molar-refractivity contribution in [3.63, 3.8) is 0 Å². The number of halogens is 3. The van der Waals surface area contributed by atoms with Gasteiger partial charge in [-0.3, -0.25) is 4.79 Å². The molecule has 0 aliphatic heterocycles. The van der Waals surface area contributed by atoms with Gasteiger partial charge in [0.1, 0.15) is 5.54 Å². The average Bonchev–Trinajstić information content (AvgIpc) is 2.02. The topological polar surface area (TPSA) is 52.9 Å². The maximum absolute atomic E-state index is 11.1. The summed E-state index contributed by atoms with van der Waals surface area (Å²) in [4.78, 5) is 11.1. The van der Waals surface area contributed by atoms with Gasteiger partial charge >= 0.3 is 0 Å². The minimum atomic E-state index is -2.02. The predicted molar refractivity (Wildman–Crippen MR) is 52.7 cm³/mol. The van der Waals surface area contributed by atoms with E-state index in [-0.39, 0.29) is 0 Å². The van der Waals surface area contributed by atoms with Gasteiger partial charge in [0.05, 0.1) is 6.07 Å². The van der Waals surface area contributed by atoms with Crippen LogP contribution >= 0.6 is 34.8 Å². The minimum absolute atomic E-state index is 0.440. The second kappa shape index (κ2) is 4.36. The van der Waals surface area contributed by atoms with Crippen molar-refractivity contribution in [2.75, 3.05) is 0 Å². The lowest BCUT2D eigenvalue weighted by atomic mass is 10.0. The second-order valence-corrected chi connectivity index (χ2v) is 5.03. The number of amides is 1. The molecular weight excluding hydrogens is 234 g/mol. The van der Waals surface area contributed by atoms with E-state index in [1.165, 1.54) is 0 Å². The molecule has 0 aliphatic rings. The highest BCUT2D eigenvalue weighted by atomic mass is 35.6. The quantitative estimate of drug-likeness (QED) is 0.756. The predicted octanol–water partition coefficient (Wildman–Crippen LogP) is 2.17. The fourth-order valence-electron chi connectivity index (χ4n) is 0.517. The molecule has 1 N–H and O–H groups in total. The van der Waals surface area contributed by atoms with Crippen molar-refractivity contribution in [2.45, 2.75) is 29.6 Å². The lowest BCUT2D eigenvalue weighted by Crippen LogP contribution is -2.48. The molecule has 0 heterocycles. The standard InChI is InChI=1S/C7H9Cl3N2O/c1-3-6(2,4-11)12-5(13)7(8,9)10/h3H2,1-2H3,(H,12,13). The van der Waals surface area contributed by atoms with Gasteiger partial charge in [-0.1, -0.05) is 41.7 Å². The van der Waals surface area contributed by atoms with E-state index in [1.54, 1.807) is 13.8 Å². The van der Waals surface area contributed by atoms with Gasteiger partial charge in [0.2, 0.25) is 0 Å². The van der Waals surface area contributed by atoms with Gasteiger partial charge in [-0.2, -0.15) is 5.26 Å². The molecule has 1 unspecified atom stereocenters. The zero-order chi connectivity index (χ0) is 10.7. The normalized spacial score (nSPS) is 15.7. The highest BCUT2D eigenvalue weighted by Gasteiger charge is 2.35. The summed E-state index contributed by atoms with van der Waals surface area (Å²) in [7, 11) is 0. The third-order valence-corrected chi connectivity index (χ3v) is 2.12. The first-order chi connectivity index (χ1) is 5.75. The fraction of sp³-hybridized carbons (Fsp3) is 0.714. The first-order valence-corrected chi connectivity index (χ1v) is 4.69. The Labute approximate surface area is 91.9 Å². The molecule has 0 rings (SSSR count). The Bertz CT molecular complexity index is 243. The Kier molecular flexibility index (Phi) is 4.31. The molecular formula is C7H9Cl3N2O. The molecule has 0 aromatic rings. The molecule has 0 aromatic carbocycles. The lowest BCUT2D eigenvalue weighted by molar-refractivity contribution is -0.121. The maximum Gasteiger partial charge on any atom is 0.273 e. The van der Waals surface area contributed by atoms with E-state index >= 15 is 0 Å². The van der Waals surface area contributed by atoms with Crippen LogP contribution in [0.1, 0.15) is 20.3 Å². The Hall–Kier alpha value is -0.170. The lowest BCUT2D eigenvalue weighted by Gasteiger charge is -2.23. The molecule has 1 amide bonds. The number of rotatable bonds is 2. The summed E-state index contributed by atoms with van der Waals surface area (Å²) in [6.07, 6.45) is 0.440. The van der Waals surface area contributed by atoms with Crippen molar-refractivity contribution in [3.8, 4) is 6.07 Å². The Morgan fingerprint density at radius 3 is 2.23 bits per heavy atom. The van der Waals surface area contributed by atoms with E-state index in [9.17, 15) is 4.79 Å². The molecule has 3 nitrogen and oxygen atoms in total. The summed E-state index contributed by atoms with van der Waals surface area (Å²) in [5.74, 6) is -0.789. The summed E-state index contributed by atoms with van der Waals surface area (Å²) in [6.45, 7) is 3.31. The number of carbonyl (C=O) groups excluding carboxylic acids is 1. The van der Waals surface area contributed by atoms with Crippen molar-refractivity contribution in [1.82, 2.24) is 5.32 Å². The molecule has 74 valence electrons. The van der Waals surface area contributed by atoms with Crippen molar-refractivity contribution in [3.05, 3.63) is 0 Å². The Balaban J connectivity index is 4.47. The van der Waals surface area contributed by atoms with Crippen LogP contribution < -0.4 is 5.32 Å². The molecule has 0 aliphatic carbocycles. The third-order valence-electron chi connectivity index (χ3n) is 1.60. The molecule has 0 bridgehead atoms. The summed E-state index contributed by atoms with van der Waals surface area (Å²) >= 11 is 15.9. The van der Waals surface area contributed by atoms with Crippen molar-refractivity contribution >= 4 is 40.7 Å². The minimum Gasteiger partial charge on any atom is -0.334 e. The van der Waals surface area contributed by atoms with Gasteiger partial charge in [0.15, 0.2) is 0 Å². The van der Waals surface area contributed by atoms with Crippen LogP contribution in [-0.4, -0.2) is 15.2 Å². The molecule has 1 atom stereocenters. The zero-order valence-corrected chi connectivity index (χ0v) is 9.46. The van der Waals surface area contributed by atoms with E-state index in [1.807, 2.05) is 6.07 Å². The van der Waals surface area contributed by atoms with Crippen LogP contribution in [0.25, 0.3) is 0 Å². The van der Waals surface area contributed by atoms with Crippen LogP contribution in [0.4, 0.5) is 0 Å². The number of hydrogen-bond donors (Lipinski definition) is 1. The number of hydrogen-bond acceptors (Lipinski definition) is 2. The van der Waals surface area contributed by atoms with Crippen LogP contribution in [0.15, 0.2) is 0 Å².